The number of benzene rings is 2. The molecule has 0 unspecified atom stereocenters. The van der Waals surface area contributed by atoms with E-state index in [1.54, 1.807) is 7.05 Å². The second-order valence-corrected chi connectivity index (χ2v) is 6.68. The van der Waals surface area contributed by atoms with E-state index in [1.165, 1.54) is 47.9 Å². The molecular weight excluding hydrogens is 385 g/mol. The van der Waals surface area contributed by atoms with Crippen LogP contribution in [0.2, 0.25) is 0 Å². The van der Waals surface area contributed by atoms with E-state index >= 15 is 0 Å². The smallest absolute Gasteiger partial charge is 0.417 e. The number of carbonyl (C=O) groups excluding carboxylic acids is 2. The molecule has 0 aliphatic rings. The second-order valence-electron chi connectivity index (χ2n) is 6.68. The number of nitrogens with zero attached hydrogens (tertiary/aromatic N) is 1. The van der Waals surface area contributed by atoms with E-state index in [2.05, 4.69) is 5.32 Å². The number of ketones is 1. The lowest BCUT2D eigenvalue weighted by Gasteiger charge is -2.15. The molecule has 2 aromatic carbocycles. The normalized spacial score (nSPS) is 11.6. The molecule has 1 aromatic heterocycles. The minimum Gasteiger partial charge on any atom is -0.508 e. The number of alkyl halides is 3. The van der Waals surface area contributed by atoms with Crippen molar-refractivity contribution in [2.24, 2.45) is 7.05 Å². The van der Waals surface area contributed by atoms with E-state index in [0.29, 0.717) is 10.9 Å². The number of aromatic hydroxyl groups is 1. The van der Waals surface area contributed by atoms with Gasteiger partial charge in [0.2, 0.25) is 5.91 Å². The third-order valence-corrected chi connectivity index (χ3v) is 4.68. The maximum atomic E-state index is 13.6. The molecule has 5 nitrogen and oxygen atoms in total. The highest BCUT2D eigenvalue weighted by Crippen LogP contribution is 2.41. The number of fused-ring (bicyclic) bond motifs is 1. The van der Waals surface area contributed by atoms with Crippen LogP contribution in [0.4, 0.5) is 13.2 Å². The van der Waals surface area contributed by atoms with E-state index < -0.39 is 17.5 Å². The van der Waals surface area contributed by atoms with Gasteiger partial charge in [-0.15, -0.1) is 0 Å². The minimum absolute atomic E-state index is 0.0639. The highest BCUT2D eigenvalue weighted by atomic mass is 19.4. The van der Waals surface area contributed by atoms with E-state index in [-0.39, 0.29) is 41.4 Å². The molecule has 2 N–H and O–H groups in total. The standard InChI is InChI=1S/C21H19F3N2O3/c1-12(27)25-10-9-18(29)19-15-8-7-13(28)11-17(15)26(2)20(19)14-5-3-4-6-16(14)21(22,23)24/h3-8,11,28H,9-10H2,1-2H3,(H,25,27). The zero-order chi connectivity index (χ0) is 21.3. The van der Waals surface area contributed by atoms with Gasteiger partial charge in [0.25, 0.3) is 0 Å². The molecule has 0 aliphatic heterocycles. The van der Waals surface area contributed by atoms with E-state index in [4.69, 9.17) is 0 Å². The van der Waals surface area contributed by atoms with Crippen LogP contribution < -0.4 is 5.32 Å². The van der Waals surface area contributed by atoms with Crippen molar-refractivity contribution in [2.75, 3.05) is 6.54 Å². The summed E-state index contributed by atoms with van der Waals surface area (Å²) in [6, 6.07) is 9.35. The predicted octanol–water partition coefficient (Wildman–Crippen LogP) is 4.28. The topological polar surface area (TPSA) is 71.3 Å². The fourth-order valence-electron chi connectivity index (χ4n) is 3.44. The Morgan fingerprint density at radius 2 is 1.83 bits per heavy atom. The highest BCUT2D eigenvalue weighted by molar-refractivity contribution is 6.14. The lowest BCUT2D eigenvalue weighted by Crippen LogP contribution is -2.23. The van der Waals surface area contributed by atoms with Crippen molar-refractivity contribution < 1.29 is 27.9 Å². The van der Waals surface area contributed by atoms with Gasteiger partial charge in [0.05, 0.1) is 22.3 Å². The Morgan fingerprint density at radius 1 is 1.14 bits per heavy atom. The van der Waals surface area contributed by atoms with Gasteiger partial charge in [-0.05, 0) is 18.2 Å². The fourth-order valence-corrected chi connectivity index (χ4v) is 3.44. The molecule has 29 heavy (non-hydrogen) atoms. The number of nitrogens with one attached hydrogen (secondary N) is 1. The molecule has 3 aromatic rings. The maximum Gasteiger partial charge on any atom is 0.417 e. The van der Waals surface area contributed by atoms with Crippen LogP contribution in [0.15, 0.2) is 42.5 Å². The van der Waals surface area contributed by atoms with Crippen molar-refractivity contribution in [1.29, 1.82) is 0 Å². The SMILES string of the molecule is CC(=O)NCCC(=O)c1c(-c2ccccc2C(F)(F)F)n(C)c2cc(O)ccc12. The summed E-state index contributed by atoms with van der Waals surface area (Å²) in [7, 11) is 1.55. The van der Waals surface area contributed by atoms with Gasteiger partial charge in [0.15, 0.2) is 5.78 Å². The van der Waals surface area contributed by atoms with Crippen LogP contribution in [0, 0.1) is 0 Å². The lowest BCUT2D eigenvalue weighted by molar-refractivity contribution is -0.137. The number of halogens is 3. The summed E-state index contributed by atoms with van der Waals surface area (Å²) < 4.78 is 42.4. The van der Waals surface area contributed by atoms with Gasteiger partial charge in [-0.25, -0.2) is 0 Å². The van der Waals surface area contributed by atoms with Crippen LogP contribution in [0.5, 0.6) is 5.75 Å². The molecule has 1 heterocycles. The van der Waals surface area contributed by atoms with Crippen molar-refractivity contribution in [1.82, 2.24) is 9.88 Å². The molecule has 0 radical (unpaired) electrons. The first-order chi connectivity index (χ1) is 13.6. The quantitative estimate of drug-likeness (QED) is 0.624. The highest BCUT2D eigenvalue weighted by Gasteiger charge is 2.35. The molecule has 8 heteroatoms. The number of Topliss-reactive ketones (excluding diaryl/α,β-unsaturated/α-hetero) is 1. The monoisotopic (exact) mass is 404 g/mol. The summed E-state index contributed by atoms with van der Waals surface area (Å²) in [5.74, 6) is -0.767. The van der Waals surface area contributed by atoms with Crippen molar-refractivity contribution in [3.8, 4) is 17.0 Å². The summed E-state index contributed by atoms with van der Waals surface area (Å²) >= 11 is 0. The first kappa shape index (κ1) is 20.4. The fraction of sp³-hybridized carbons (Fsp3) is 0.238. The summed E-state index contributed by atoms with van der Waals surface area (Å²) in [5, 5.41) is 12.8. The van der Waals surface area contributed by atoms with Crippen LogP contribution in [0.25, 0.3) is 22.2 Å². The zero-order valence-electron chi connectivity index (χ0n) is 15.8. The Hall–Kier alpha value is -3.29. The average molecular weight is 404 g/mol. The zero-order valence-corrected chi connectivity index (χ0v) is 15.8. The summed E-state index contributed by atoms with van der Waals surface area (Å²) in [5.41, 5.74) is -0.303. The van der Waals surface area contributed by atoms with E-state index in [1.807, 2.05) is 0 Å². The third-order valence-electron chi connectivity index (χ3n) is 4.68. The van der Waals surface area contributed by atoms with Gasteiger partial charge in [-0.2, -0.15) is 13.2 Å². The number of rotatable bonds is 5. The number of phenols is 1. The van der Waals surface area contributed by atoms with Crippen LogP contribution in [-0.2, 0) is 18.0 Å². The molecule has 0 aliphatic carbocycles. The Kier molecular flexibility index (Phi) is 5.37. The molecule has 0 spiro atoms. The first-order valence-corrected chi connectivity index (χ1v) is 8.87. The van der Waals surface area contributed by atoms with E-state index in [9.17, 15) is 27.9 Å². The van der Waals surface area contributed by atoms with Gasteiger partial charge in [0.1, 0.15) is 5.75 Å². The molecule has 0 fully saturated rings. The Morgan fingerprint density at radius 3 is 2.48 bits per heavy atom. The van der Waals surface area contributed by atoms with Crippen molar-refractivity contribution >= 4 is 22.6 Å². The summed E-state index contributed by atoms with van der Waals surface area (Å²) in [6.07, 6.45) is -4.67. The second kappa shape index (κ2) is 7.62. The van der Waals surface area contributed by atoms with Crippen LogP contribution in [0.1, 0.15) is 29.3 Å². The molecule has 0 saturated heterocycles. The molecule has 0 atom stereocenters. The molecule has 152 valence electrons. The van der Waals surface area contributed by atoms with Crippen molar-refractivity contribution in [2.45, 2.75) is 19.5 Å². The molecule has 0 saturated carbocycles. The first-order valence-electron chi connectivity index (χ1n) is 8.87. The van der Waals surface area contributed by atoms with Crippen LogP contribution in [-0.4, -0.2) is 27.9 Å². The van der Waals surface area contributed by atoms with Crippen LogP contribution in [0.3, 0.4) is 0 Å². The number of phenolic OH excluding ortho intramolecular Hbond substituents is 1. The maximum absolute atomic E-state index is 13.6. The Bertz CT molecular complexity index is 1100. The molecule has 0 bridgehead atoms. The van der Waals surface area contributed by atoms with Gasteiger partial charge >= 0.3 is 6.18 Å². The summed E-state index contributed by atoms with van der Waals surface area (Å²) in [6.45, 7) is 1.39. The average Bonchev–Trinajstić information content (AvgIpc) is 2.93. The summed E-state index contributed by atoms with van der Waals surface area (Å²) in [4.78, 5) is 24.1. The van der Waals surface area contributed by atoms with Crippen LogP contribution >= 0.6 is 0 Å². The number of aryl methyl sites for hydroxylation is 1. The number of carbonyl (C=O) groups is 2. The molecular formula is C21H19F3N2O3. The number of amides is 1. The largest absolute Gasteiger partial charge is 0.508 e. The number of hydrogen-bond donors (Lipinski definition) is 2. The lowest BCUT2D eigenvalue weighted by atomic mass is 9.96. The van der Waals surface area contributed by atoms with Gasteiger partial charge in [-0.3, -0.25) is 9.59 Å². The van der Waals surface area contributed by atoms with E-state index in [0.717, 1.165) is 6.07 Å². The number of hydrogen-bond acceptors (Lipinski definition) is 3. The van der Waals surface area contributed by atoms with Crippen molar-refractivity contribution in [3.63, 3.8) is 0 Å². The van der Waals surface area contributed by atoms with Crippen molar-refractivity contribution in [3.05, 3.63) is 53.6 Å². The molecule has 3 rings (SSSR count). The van der Waals surface area contributed by atoms with Gasteiger partial charge in [-0.1, -0.05) is 18.2 Å². The minimum atomic E-state index is -4.61. The predicted molar refractivity (Wildman–Crippen MR) is 103 cm³/mol. The number of aromatic nitrogens is 1. The van der Waals surface area contributed by atoms with Gasteiger partial charge < -0.3 is 15.0 Å². The Labute approximate surface area is 164 Å². The Balaban J connectivity index is 2.26. The molecule has 1 amide bonds. The third kappa shape index (κ3) is 3.96. The van der Waals surface area contributed by atoms with Gasteiger partial charge in [0, 0.05) is 44.0 Å².